The number of nitrogens with zero attached hydrogens (tertiary/aromatic N) is 2. The summed E-state index contributed by atoms with van der Waals surface area (Å²) in [5.41, 5.74) is 5.49. The number of pyridine rings is 1. The third-order valence-corrected chi connectivity index (χ3v) is 4.49. The molecule has 5 heteroatoms. The minimum Gasteiger partial charge on any atom is -0.359 e. The van der Waals surface area contributed by atoms with Crippen LogP contribution in [0.15, 0.2) is 54.9 Å². The van der Waals surface area contributed by atoms with Crippen LogP contribution in [0.1, 0.15) is 27.9 Å². The average molecular weight is 330 g/mol. The maximum absolute atomic E-state index is 12.5. The number of nitrogens with one attached hydrogen (secondary N) is 2. The summed E-state index contributed by atoms with van der Waals surface area (Å²) in [6, 6.07) is 13.9. The summed E-state index contributed by atoms with van der Waals surface area (Å²) in [5.74, 6) is 0.132. The topological polar surface area (TPSA) is 74.4 Å². The Morgan fingerprint density at radius 3 is 2.92 bits per heavy atom. The molecule has 3 heterocycles. The molecule has 0 aliphatic carbocycles. The summed E-state index contributed by atoms with van der Waals surface area (Å²) in [4.78, 5) is 19.9. The minimum atomic E-state index is 0.132. The number of Topliss-reactive ketones (excluding diaryl/α,β-unsaturated/α-hetero) is 1. The monoisotopic (exact) mass is 330 g/mol. The number of carbonyl (C=O) groups is 1. The summed E-state index contributed by atoms with van der Waals surface area (Å²) in [5, 5.41) is 8.12. The van der Waals surface area contributed by atoms with Crippen LogP contribution in [0.2, 0.25) is 0 Å². The lowest BCUT2D eigenvalue weighted by Crippen LogP contribution is -2.00. The Hall–Kier alpha value is -3.21. The maximum Gasteiger partial charge on any atom is 0.181 e. The predicted octanol–water partition coefficient (Wildman–Crippen LogP) is 4.08. The van der Waals surface area contributed by atoms with Crippen LogP contribution < -0.4 is 0 Å². The van der Waals surface area contributed by atoms with E-state index in [1.54, 1.807) is 12.4 Å². The van der Waals surface area contributed by atoms with Gasteiger partial charge in [0.25, 0.3) is 0 Å². The van der Waals surface area contributed by atoms with Crippen molar-refractivity contribution in [1.29, 1.82) is 0 Å². The molecule has 0 spiro atoms. The van der Waals surface area contributed by atoms with Crippen molar-refractivity contribution in [3.63, 3.8) is 0 Å². The molecule has 4 aromatic rings. The van der Waals surface area contributed by atoms with Crippen molar-refractivity contribution in [3.8, 4) is 11.4 Å². The highest BCUT2D eigenvalue weighted by molar-refractivity contribution is 5.98. The van der Waals surface area contributed by atoms with Gasteiger partial charge in [0.05, 0.1) is 11.4 Å². The first-order valence-electron chi connectivity index (χ1n) is 8.28. The van der Waals surface area contributed by atoms with Crippen LogP contribution in [0.25, 0.3) is 22.4 Å². The summed E-state index contributed by atoms with van der Waals surface area (Å²) >= 11 is 0. The molecule has 0 aliphatic rings. The van der Waals surface area contributed by atoms with Gasteiger partial charge in [0, 0.05) is 29.8 Å². The molecule has 1 aromatic carbocycles. The zero-order chi connectivity index (χ0) is 17.2. The number of fused-ring (bicyclic) bond motifs is 1. The van der Waals surface area contributed by atoms with E-state index < -0.39 is 0 Å². The van der Waals surface area contributed by atoms with Gasteiger partial charge < -0.3 is 4.98 Å². The number of carbonyl (C=O) groups excluding carboxylic acids is 1. The van der Waals surface area contributed by atoms with E-state index in [1.807, 2.05) is 30.3 Å². The molecule has 2 N–H and O–H groups in total. The van der Waals surface area contributed by atoms with Crippen molar-refractivity contribution < 1.29 is 4.79 Å². The fraction of sp³-hybridized carbons (Fsp3) is 0.150. The van der Waals surface area contributed by atoms with Gasteiger partial charge in [0.1, 0.15) is 0 Å². The zero-order valence-electron chi connectivity index (χ0n) is 13.9. The second-order valence-electron chi connectivity index (χ2n) is 6.12. The van der Waals surface area contributed by atoms with E-state index in [0.717, 1.165) is 23.2 Å². The predicted molar refractivity (Wildman–Crippen MR) is 97.5 cm³/mol. The van der Waals surface area contributed by atoms with Gasteiger partial charge in [-0.2, -0.15) is 5.10 Å². The molecule has 0 bridgehead atoms. The highest BCUT2D eigenvalue weighted by Crippen LogP contribution is 2.25. The quantitative estimate of drug-likeness (QED) is 0.542. The van der Waals surface area contributed by atoms with Crippen LogP contribution in [-0.4, -0.2) is 25.9 Å². The largest absolute Gasteiger partial charge is 0.359 e. The zero-order valence-corrected chi connectivity index (χ0v) is 13.9. The molecule has 0 aliphatic heterocycles. The van der Waals surface area contributed by atoms with Crippen LogP contribution in [0.4, 0.5) is 0 Å². The normalized spacial score (nSPS) is 11.1. The molecule has 0 unspecified atom stereocenters. The van der Waals surface area contributed by atoms with Crippen LogP contribution >= 0.6 is 0 Å². The standard InChI is InChI=1S/C20H18N4O/c1-13-5-2-3-6-14(13)8-9-18(25)15-11-17(22-12-15)19-16-7-4-10-21-20(16)24-23-19/h2-7,10-12,22H,8-9H2,1H3,(H,21,23,24). The maximum atomic E-state index is 12.5. The number of aromatic amines is 2. The number of aryl methyl sites for hydroxylation is 2. The summed E-state index contributed by atoms with van der Waals surface area (Å²) in [6.45, 7) is 2.07. The highest BCUT2D eigenvalue weighted by atomic mass is 16.1. The molecule has 0 fully saturated rings. The van der Waals surface area contributed by atoms with E-state index in [2.05, 4.69) is 39.2 Å². The van der Waals surface area contributed by atoms with Crippen LogP contribution in [0, 0.1) is 6.92 Å². The number of benzene rings is 1. The van der Waals surface area contributed by atoms with Crippen LogP contribution in [-0.2, 0) is 6.42 Å². The van der Waals surface area contributed by atoms with Gasteiger partial charge in [0.2, 0.25) is 0 Å². The van der Waals surface area contributed by atoms with E-state index in [4.69, 9.17) is 0 Å². The highest BCUT2D eigenvalue weighted by Gasteiger charge is 2.13. The van der Waals surface area contributed by atoms with Crippen molar-refractivity contribution in [3.05, 3.63) is 71.5 Å². The lowest BCUT2D eigenvalue weighted by molar-refractivity contribution is 0.0983. The molecular formula is C20H18N4O. The molecule has 0 atom stereocenters. The molecule has 0 saturated carbocycles. The summed E-state index contributed by atoms with van der Waals surface area (Å²) in [6.07, 6.45) is 4.72. The second kappa shape index (κ2) is 6.36. The van der Waals surface area contributed by atoms with Gasteiger partial charge in [-0.05, 0) is 42.7 Å². The Labute approximate surface area is 145 Å². The number of rotatable bonds is 5. The van der Waals surface area contributed by atoms with Crippen molar-refractivity contribution in [1.82, 2.24) is 20.2 Å². The minimum absolute atomic E-state index is 0.132. The first kappa shape index (κ1) is 15.3. The Morgan fingerprint density at radius 2 is 2.04 bits per heavy atom. The molecule has 4 rings (SSSR count). The lowest BCUT2D eigenvalue weighted by atomic mass is 10.0. The molecule has 25 heavy (non-hydrogen) atoms. The van der Waals surface area contributed by atoms with Crippen molar-refractivity contribution in [2.24, 2.45) is 0 Å². The molecule has 124 valence electrons. The summed E-state index contributed by atoms with van der Waals surface area (Å²) < 4.78 is 0. The van der Waals surface area contributed by atoms with Crippen LogP contribution in [0.3, 0.4) is 0 Å². The Bertz CT molecular complexity index is 1040. The van der Waals surface area contributed by atoms with Crippen molar-refractivity contribution in [2.75, 3.05) is 0 Å². The first-order chi connectivity index (χ1) is 12.2. The Morgan fingerprint density at radius 1 is 1.16 bits per heavy atom. The number of ketones is 1. The molecule has 0 saturated heterocycles. The van der Waals surface area contributed by atoms with Crippen molar-refractivity contribution in [2.45, 2.75) is 19.8 Å². The van der Waals surface area contributed by atoms with Gasteiger partial charge in [-0.3, -0.25) is 9.89 Å². The number of aromatic nitrogens is 4. The number of hydrogen-bond donors (Lipinski definition) is 2. The fourth-order valence-electron chi connectivity index (χ4n) is 3.04. The number of hydrogen-bond acceptors (Lipinski definition) is 3. The van der Waals surface area contributed by atoms with Crippen molar-refractivity contribution >= 4 is 16.8 Å². The first-order valence-corrected chi connectivity index (χ1v) is 8.28. The third-order valence-electron chi connectivity index (χ3n) is 4.49. The van der Waals surface area contributed by atoms with Gasteiger partial charge >= 0.3 is 0 Å². The van der Waals surface area contributed by atoms with Gasteiger partial charge in [-0.15, -0.1) is 0 Å². The van der Waals surface area contributed by atoms with E-state index in [-0.39, 0.29) is 5.78 Å². The van der Waals surface area contributed by atoms with E-state index in [0.29, 0.717) is 17.6 Å². The summed E-state index contributed by atoms with van der Waals surface area (Å²) in [7, 11) is 0. The van der Waals surface area contributed by atoms with E-state index in [9.17, 15) is 4.79 Å². The van der Waals surface area contributed by atoms with E-state index in [1.165, 1.54) is 11.1 Å². The third kappa shape index (κ3) is 2.96. The molecule has 0 radical (unpaired) electrons. The van der Waals surface area contributed by atoms with Crippen LogP contribution in [0.5, 0.6) is 0 Å². The Kier molecular flexibility index (Phi) is 3.90. The second-order valence-corrected chi connectivity index (χ2v) is 6.12. The average Bonchev–Trinajstić information content (AvgIpc) is 3.27. The molecule has 5 nitrogen and oxygen atoms in total. The van der Waals surface area contributed by atoms with Gasteiger partial charge in [0.15, 0.2) is 11.4 Å². The number of H-pyrrole nitrogens is 2. The van der Waals surface area contributed by atoms with E-state index >= 15 is 0 Å². The Balaban J connectivity index is 1.53. The lowest BCUT2D eigenvalue weighted by Gasteiger charge is -2.03. The fourth-order valence-corrected chi connectivity index (χ4v) is 3.04. The molecule has 0 amide bonds. The smallest absolute Gasteiger partial charge is 0.181 e. The van der Waals surface area contributed by atoms with Gasteiger partial charge in [-0.1, -0.05) is 24.3 Å². The van der Waals surface area contributed by atoms with Gasteiger partial charge in [-0.25, -0.2) is 4.98 Å². The SMILES string of the molecule is Cc1ccccc1CCC(=O)c1c[nH]c(-c2[nH]nc3ncccc23)c1. The molecule has 3 aromatic heterocycles. The molecular weight excluding hydrogens is 312 g/mol.